The molecule has 88 valence electrons. The maximum atomic E-state index is 6.00. The van der Waals surface area contributed by atoms with Gasteiger partial charge in [-0.3, -0.25) is 0 Å². The second-order valence-electron chi connectivity index (χ2n) is 4.80. The zero-order chi connectivity index (χ0) is 11.5. The molecule has 0 amide bonds. The molecular formula is C14H22N2. The molecule has 2 heteroatoms. The Morgan fingerprint density at radius 2 is 1.94 bits per heavy atom. The lowest BCUT2D eigenvalue weighted by atomic mass is 9.91. The summed E-state index contributed by atoms with van der Waals surface area (Å²) >= 11 is 0. The van der Waals surface area contributed by atoms with Crippen LogP contribution in [0.3, 0.4) is 0 Å². The van der Waals surface area contributed by atoms with Crippen molar-refractivity contribution < 1.29 is 0 Å². The second-order valence-corrected chi connectivity index (χ2v) is 4.80. The van der Waals surface area contributed by atoms with Crippen LogP contribution in [0.15, 0.2) is 24.3 Å². The number of nitrogens with two attached hydrogens (primary N) is 1. The Kier molecular flexibility index (Phi) is 3.49. The van der Waals surface area contributed by atoms with Gasteiger partial charge in [0, 0.05) is 24.8 Å². The summed E-state index contributed by atoms with van der Waals surface area (Å²) in [6, 6.07) is 9.66. The van der Waals surface area contributed by atoms with Crippen molar-refractivity contribution in [2.75, 3.05) is 11.9 Å². The molecule has 0 bridgehead atoms. The third-order valence-electron chi connectivity index (χ3n) is 3.79. The van der Waals surface area contributed by atoms with Gasteiger partial charge in [-0.15, -0.1) is 0 Å². The van der Waals surface area contributed by atoms with Crippen LogP contribution >= 0.6 is 0 Å². The van der Waals surface area contributed by atoms with Gasteiger partial charge in [-0.1, -0.05) is 19.1 Å². The third-order valence-corrected chi connectivity index (χ3v) is 3.79. The van der Waals surface area contributed by atoms with Crippen molar-refractivity contribution in [1.29, 1.82) is 0 Å². The minimum absolute atomic E-state index is 0.183. The molecule has 0 spiro atoms. The first-order valence-electron chi connectivity index (χ1n) is 6.30. The summed E-state index contributed by atoms with van der Waals surface area (Å²) in [7, 11) is 2.19. The van der Waals surface area contributed by atoms with E-state index in [0.29, 0.717) is 0 Å². The zero-order valence-electron chi connectivity index (χ0n) is 10.3. The van der Waals surface area contributed by atoms with Crippen molar-refractivity contribution >= 4 is 5.69 Å². The summed E-state index contributed by atoms with van der Waals surface area (Å²) < 4.78 is 0. The van der Waals surface area contributed by atoms with E-state index in [1.54, 1.807) is 0 Å². The number of hydrogen-bond acceptors (Lipinski definition) is 2. The minimum Gasteiger partial charge on any atom is -0.372 e. The Morgan fingerprint density at radius 1 is 1.31 bits per heavy atom. The van der Waals surface area contributed by atoms with E-state index >= 15 is 0 Å². The third kappa shape index (κ3) is 2.22. The molecule has 0 saturated heterocycles. The smallest absolute Gasteiger partial charge is 0.0366 e. The van der Waals surface area contributed by atoms with Crippen LogP contribution in [0.1, 0.15) is 44.2 Å². The number of rotatable bonds is 4. The molecular weight excluding hydrogens is 196 g/mol. The van der Waals surface area contributed by atoms with Crippen LogP contribution in [-0.4, -0.2) is 13.1 Å². The quantitative estimate of drug-likeness (QED) is 0.841. The van der Waals surface area contributed by atoms with Crippen LogP contribution in [0.4, 0.5) is 5.69 Å². The highest BCUT2D eigenvalue weighted by molar-refractivity contribution is 5.48. The first kappa shape index (κ1) is 11.5. The Morgan fingerprint density at radius 3 is 2.38 bits per heavy atom. The molecule has 2 N–H and O–H groups in total. The monoisotopic (exact) mass is 218 g/mol. The fourth-order valence-corrected chi connectivity index (χ4v) is 2.18. The SMILES string of the molecule is CC[C@@H](N)c1ccc(N(C)C2CCC2)cc1. The highest BCUT2D eigenvalue weighted by Gasteiger charge is 2.22. The van der Waals surface area contributed by atoms with Gasteiger partial charge in [-0.05, 0) is 43.4 Å². The number of hydrogen-bond donors (Lipinski definition) is 1. The van der Waals surface area contributed by atoms with Crippen molar-refractivity contribution in [1.82, 2.24) is 0 Å². The summed E-state index contributed by atoms with van der Waals surface area (Å²) in [5, 5.41) is 0. The Balaban J connectivity index is 2.06. The van der Waals surface area contributed by atoms with Crippen LogP contribution in [0, 0.1) is 0 Å². The summed E-state index contributed by atoms with van der Waals surface area (Å²) in [6.07, 6.45) is 5.06. The molecule has 1 aliphatic rings. The molecule has 0 radical (unpaired) electrons. The Hall–Kier alpha value is -1.02. The van der Waals surface area contributed by atoms with Crippen LogP contribution < -0.4 is 10.6 Å². The van der Waals surface area contributed by atoms with Gasteiger partial charge in [0.25, 0.3) is 0 Å². The summed E-state index contributed by atoms with van der Waals surface area (Å²) in [5.41, 5.74) is 8.56. The van der Waals surface area contributed by atoms with Crippen LogP contribution in [0.25, 0.3) is 0 Å². The number of nitrogens with zero attached hydrogens (tertiary/aromatic N) is 1. The fraction of sp³-hybridized carbons (Fsp3) is 0.571. The summed E-state index contributed by atoms with van der Waals surface area (Å²) in [4.78, 5) is 2.39. The van der Waals surface area contributed by atoms with E-state index in [9.17, 15) is 0 Å². The second kappa shape index (κ2) is 4.88. The van der Waals surface area contributed by atoms with E-state index in [1.165, 1.54) is 30.5 Å². The largest absolute Gasteiger partial charge is 0.372 e. The van der Waals surface area contributed by atoms with Gasteiger partial charge in [-0.2, -0.15) is 0 Å². The van der Waals surface area contributed by atoms with Gasteiger partial charge in [0.15, 0.2) is 0 Å². The normalized spacial score (nSPS) is 17.9. The van der Waals surface area contributed by atoms with Gasteiger partial charge in [0.2, 0.25) is 0 Å². The topological polar surface area (TPSA) is 29.3 Å². The van der Waals surface area contributed by atoms with Gasteiger partial charge in [-0.25, -0.2) is 0 Å². The summed E-state index contributed by atoms with van der Waals surface area (Å²) in [5.74, 6) is 0. The molecule has 0 heterocycles. The molecule has 2 nitrogen and oxygen atoms in total. The lowest BCUT2D eigenvalue weighted by Gasteiger charge is -2.36. The standard InChI is InChI=1S/C14H22N2/c1-3-14(15)11-7-9-13(10-8-11)16(2)12-5-4-6-12/h7-10,12,14H,3-6,15H2,1-2H3/t14-/m1/s1. The highest BCUT2D eigenvalue weighted by atomic mass is 15.1. The average Bonchev–Trinajstić information content (AvgIpc) is 2.26. The molecule has 1 aromatic rings. The lowest BCUT2D eigenvalue weighted by Crippen LogP contribution is -2.37. The van der Waals surface area contributed by atoms with Crippen LogP contribution in [0.5, 0.6) is 0 Å². The van der Waals surface area contributed by atoms with Crippen LogP contribution in [-0.2, 0) is 0 Å². The zero-order valence-corrected chi connectivity index (χ0v) is 10.3. The van der Waals surface area contributed by atoms with Crippen molar-refractivity contribution in [3.63, 3.8) is 0 Å². The molecule has 0 aliphatic heterocycles. The van der Waals surface area contributed by atoms with Crippen molar-refractivity contribution in [2.24, 2.45) is 5.73 Å². The maximum absolute atomic E-state index is 6.00. The summed E-state index contributed by atoms with van der Waals surface area (Å²) in [6.45, 7) is 2.12. The predicted octanol–water partition coefficient (Wildman–Crippen LogP) is 3.09. The molecule has 1 aromatic carbocycles. The average molecular weight is 218 g/mol. The molecule has 1 saturated carbocycles. The predicted molar refractivity (Wildman–Crippen MR) is 69.7 cm³/mol. The highest BCUT2D eigenvalue weighted by Crippen LogP contribution is 2.28. The van der Waals surface area contributed by atoms with E-state index < -0.39 is 0 Å². The first-order valence-corrected chi connectivity index (χ1v) is 6.30. The van der Waals surface area contributed by atoms with Crippen LogP contribution in [0.2, 0.25) is 0 Å². The van der Waals surface area contributed by atoms with Gasteiger partial charge >= 0.3 is 0 Å². The molecule has 0 aromatic heterocycles. The minimum atomic E-state index is 0.183. The van der Waals surface area contributed by atoms with E-state index in [0.717, 1.165) is 12.5 Å². The van der Waals surface area contributed by atoms with Gasteiger partial charge in [0.1, 0.15) is 0 Å². The van der Waals surface area contributed by atoms with Crippen molar-refractivity contribution in [2.45, 2.75) is 44.7 Å². The molecule has 1 atom stereocenters. The van der Waals surface area contributed by atoms with E-state index in [2.05, 4.69) is 43.1 Å². The van der Waals surface area contributed by atoms with Gasteiger partial charge < -0.3 is 10.6 Å². The fourth-order valence-electron chi connectivity index (χ4n) is 2.18. The van der Waals surface area contributed by atoms with Crippen molar-refractivity contribution in [3.05, 3.63) is 29.8 Å². The van der Waals surface area contributed by atoms with E-state index in [1.807, 2.05) is 0 Å². The molecule has 2 rings (SSSR count). The first-order chi connectivity index (χ1) is 7.72. The molecule has 1 fully saturated rings. The molecule has 16 heavy (non-hydrogen) atoms. The van der Waals surface area contributed by atoms with Gasteiger partial charge in [0.05, 0.1) is 0 Å². The lowest BCUT2D eigenvalue weighted by molar-refractivity contribution is 0.401. The number of anilines is 1. The van der Waals surface area contributed by atoms with Crippen molar-refractivity contribution in [3.8, 4) is 0 Å². The molecule has 1 aliphatic carbocycles. The van der Waals surface area contributed by atoms with E-state index in [-0.39, 0.29) is 6.04 Å². The molecule has 0 unspecified atom stereocenters. The maximum Gasteiger partial charge on any atom is 0.0366 e. The van der Waals surface area contributed by atoms with E-state index in [4.69, 9.17) is 5.73 Å². The number of benzene rings is 1. The Labute approximate surface area is 98.4 Å². The Bertz CT molecular complexity index is 327.